The number of fused-ring (bicyclic) bond motifs is 1. The summed E-state index contributed by atoms with van der Waals surface area (Å²) in [6, 6.07) is 5.97. The molecule has 0 amide bonds. The smallest absolute Gasteiger partial charge is 0.387 e. The number of rotatable bonds is 4. The second kappa shape index (κ2) is 5.99. The molecule has 6 nitrogen and oxygen atoms in total. The van der Waals surface area contributed by atoms with Gasteiger partial charge >= 0.3 is 6.61 Å². The van der Waals surface area contributed by atoms with Crippen LogP contribution in [0.25, 0.3) is 22.3 Å². The van der Waals surface area contributed by atoms with Gasteiger partial charge in [-0.25, -0.2) is 4.98 Å². The standard InChI is InChI=1S/C15H11F2N3O3/c1-22-11-5-9-10(6-12(11)23-15(16)17)19-13(20-14(9)21)8-3-2-4-18-7-8/h2-7,15H,1H3,(H,19,20,21). The summed E-state index contributed by atoms with van der Waals surface area (Å²) < 4.78 is 34.4. The molecule has 118 valence electrons. The molecule has 8 heteroatoms. The van der Waals surface area contributed by atoms with Gasteiger partial charge in [0.05, 0.1) is 18.0 Å². The lowest BCUT2D eigenvalue weighted by atomic mass is 10.2. The third kappa shape index (κ3) is 2.96. The van der Waals surface area contributed by atoms with Gasteiger partial charge in [0.15, 0.2) is 11.5 Å². The van der Waals surface area contributed by atoms with Crippen molar-refractivity contribution in [1.82, 2.24) is 15.0 Å². The lowest BCUT2D eigenvalue weighted by Gasteiger charge is -2.11. The maximum Gasteiger partial charge on any atom is 0.387 e. The average Bonchev–Trinajstić information content (AvgIpc) is 2.54. The fourth-order valence-corrected chi connectivity index (χ4v) is 2.13. The number of H-pyrrole nitrogens is 1. The Morgan fingerprint density at radius 3 is 2.74 bits per heavy atom. The molecule has 0 aliphatic carbocycles. The predicted molar refractivity (Wildman–Crippen MR) is 78.8 cm³/mol. The molecule has 3 aromatic rings. The van der Waals surface area contributed by atoms with E-state index in [0.29, 0.717) is 5.56 Å². The number of hydrogen-bond acceptors (Lipinski definition) is 5. The summed E-state index contributed by atoms with van der Waals surface area (Å²) in [5, 5.41) is 0.205. The van der Waals surface area contributed by atoms with Crippen LogP contribution in [0.2, 0.25) is 0 Å². The van der Waals surface area contributed by atoms with Crippen LogP contribution in [0.15, 0.2) is 41.5 Å². The van der Waals surface area contributed by atoms with Crippen molar-refractivity contribution in [2.45, 2.75) is 6.61 Å². The number of nitrogens with zero attached hydrogens (tertiary/aromatic N) is 2. The molecule has 0 spiro atoms. The molecule has 2 aromatic heterocycles. The number of hydrogen-bond donors (Lipinski definition) is 1. The number of alkyl halides is 2. The molecule has 0 bridgehead atoms. The molecule has 3 rings (SSSR count). The van der Waals surface area contributed by atoms with Gasteiger partial charge in [0.2, 0.25) is 0 Å². The Labute approximate surface area is 128 Å². The van der Waals surface area contributed by atoms with Gasteiger partial charge in [0.25, 0.3) is 5.56 Å². The van der Waals surface area contributed by atoms with Crippen LogP contribution >= 0.6 is 0 Å². The quantitative estimate of drug-likeness (QED) is 0.800. The van der Waals surface area contributed by atoms with E-state index in [1.54, 1.807) is 18.3 Å². The summed E-state index contributed by atoms with van der Waals surface area (Å²) in [5.41, 5.74) is 0.387. The highest BCUT2D eigenvalue weighted by Crippen LogP contribution is 2.32. The van der Waals surface area contributed by atoms with E-state index in [0.717, 1.165) is 0 Å². The molecule has 23 heavy (non-hydrogen) atoms. The van der Waals surface area contributed by atoms with Crippen molar-refractivity contribution in [2.24, 2.45) is 0 Å². The minimum atomic E-state index is -3.01. The molecule has 0 unspecified atom stereocenters. The summed E-state index contributed by atoms with van der Waals surface area (Å²) in [6.45, 7) is -3.01. The number of halogens is 2. The summed E-state index contributed by atoms with van der Waals surface area (Å²) in [4.78, 5) is 23.1. The minimum absolute atomic E-state index is 0.0271. The second-order valence-corrected chi connectivity index (χ2v) is 4.55. The van der Waals surface area contributed by atoms with E-state index in [9.17, 15) is 13.6 Å². The van der Waals surface area contributed by atoms with Gasteiger partial charge in [-0.3, -0.25) is 9.78 Å². The lowest BCUT2D eigenvalue weighted by Crippen LogP contribution is -2.11. The van der Waals surface area contributed by atoms with Crippen LogP contribution in [0.4, 0.5) is 8.78 Å². The van der Waals surface area contributed by atoms with E-state index in [2.05, 4.69) is 19.7 Å². The topological polar surface area (TPSA) is 77.1 Å². The molecular formula is C15H11F2N3O3. The normalized spacial score (nSPS) is 11.0. The number of benzene rings is 1. The van der Waals surface area contributed by atoms with Crippen LogP contribution in [0.5, 0.6) is 11.5 Å². The average molecular weight is 319 g/mol. The van der Waals surface area contributed by atoms with Crippen molar-refractivity contribution in [3.05, 3.63) is 47.0 Å². The van der Waals surface area contributed by atoms with Crippen molar-refractivity contribution < 1.29 is 18.3 Å². The zero-order valence-corrected chi connectivity index (χ0v) is 11.9. The molecule has 0 saturated heterocycles. The van der Waals surface area contributed by atoms with E-state index in [4.69, 9.17) is 4.74 Å². The van der Waals surface area contributed by atoms with E-state index < -0.39 is 12.2 Å². The van der Waals surface area contributed by atoms with Crippen molar-refractivity contribution in [2.75, 3.05) is 7.11 Å². The SMILES string of the molecule is COc1cc2c(=O)[nH]c(-c3cccnc3)nc2cc1OC(F)F. The zero-order valence-electron chi connectivity index (χ0n) is 11.9. The molecule has 1 N–H and O–H groups in total. The number of ether oxygens (including phenoxy) is 2. The Balaban J connectivity index is 2.21. The molecular weight excluding hydrogens is 308 g/mol. The number of aromatic nitrogens is 3. The molecule has 0 fully saturated rings. The Morgan fingerprint density at radius 1 is 1.26 bits per heavy atom. The lowest BCUT2D eigenvalue weighted by molar-refractivity contribution is -0.0511. The highest BCUT2D eigenvalue weighted by molar-refractivity contribution is 5.83. The van der Waals surface area contributed by atoms with Crippen molar-refractivity contribution >= 4 is 10.9 Å². The Bertz CT molecular complexity index is 898. The first-order chi connectivity index (χ1) is 11.1. The minimum Gasteiger partial charge on any atom is -0.493 e. The molecule has 2 heterocycles. The monoisotopic (exact) mass is 319 g/mol. The Kier molecular flexibility index (Phi) is 3.88. The summed E-state index contributed by atoms with van der Waals surface area (Å²) >= 11 is 0. The maximum absolute atomic E-state index is 12.5. The van der Waals surface area contributed by atoms with E-state index in [1.807, 2.05) is 0 Å². The van der Waals surface area contributed by atoms with Gasteiger partial charge in [0, 0.05) is 24.0 Å². The largest absolute Gasteiger partial charge is 0.493 e. The molecule has 0 saturated carbocycles. The van der Waals surface area contributed by atoms with Crippen LogP contribution in [0, 0.1) is 0 Å². The number of aromatic amines is 1. The fraction of sp³-hybridized carbons (Fsp3) is 0.133. The van der Waals surface area contributed by atoms with Gasteiger partial charge < -0.3 is 14.5 Å². The van der Waals surface area contributed by atoms with Gasteiger partial charge in [-0.15, -0.1) is 0 Å². The zero-order chi connectivity index (χ0) is 16.4. The van der Waals surface area contributed by atoms with Crippen LogP contribution < -0.4 is 15.0 Å². The van der Waals surface area contributed by atoms with Crippen LogP contribution in [0.1, 0.15) is 0 Å². The molecule has 0 radical (unpaired) electrons. The van der Waals surface area contributed by atoms with E-state index in [-0.39, 0.29) is 28.2 Å². The number of nitrogens with one attached hydrogen (secondary N) is 1. The van der Waals surface area contributed by atoms with Crippen LogP contribution in [-0.4, -0.2) is 28.7 Å². The van der Waals surface area contributed by atoms with Gasteiger partial charge in [0.1, 0.15) is 5.82 Å². The fourth-order valence-electron chi connectivity index (χ4n) is 2.13. The Hall–Kier alpha value is -3.03. The summed E-state index contributed by atoms with van der Waals surface area (Å²) in [6.07, 6.45) is 3.12. The van der Waals surface area contributed by atoms with Crippen molar-refractivity contribution in [3.63, 3.8) is 0 Å². The van der Waals surface area contributed by atoms with Gasteiger partial charge in [-0.1, -0.05) is 0 Å². The first-order valence-electron chi connectivity index (χ1n) is 6.56. The van der Waals surface area contributed by atoms with E-state index >= 15 is 0 Å². The first kappa shape index (κ1) is 14.9. The van der Waals surface area contributed by atoms with Crippen molar-refractivity contribution in [1.29, 1.82) is 0 Å². The molecule has 0 atom stereocenters. The van der Waals surface area contributed by atoms with E-state index in [1.165, 1.54) is 25.4 Å². The molecule has 0 aliphatic rings. The number of pyridine rings is 1. The first-order valence-corrected chi connectivity index (χ1v) is 6.56. The van der Waals surface area contributed by atoms with Crippen LogP contribution in [0.3, 0.4) is 0 Å². The predicted octanol–water partition coefficient (Wildman–Crippen LogP) is 2.60. The van der Waals surface area contributed by atoms with Gasteiger partial charge in [-0.2, -0.15) is 8.78 Å². The Morgan fingerprint density at radius 2 is 2.09 bits per heavy atom. The third-order valence-electron chi connectivity index (χ3n) is 3.14. The highest BCUT2D eigenvalue weighted by Gasteiger charge is 2.15. The van der Waals surface area contributed by atoms with Crippen LogP contribution in [-0.2, 0) is 0 Å². The third-order valence-corrected chi connectivity index (χ3v) is 3.14. The second-order valence-electron chi connectivity index (χ2n) is 4.55. The van der Waals surface area contributed by atoms with Crippen molar-refractivity contribution in [3.8, 4) is 22.9 Å². The molecule has 1 aromatic carbocycles. The number of methoxy groups -OCH3 is 1. The molecule has 0 aliphatic heterocycles. The van der Waals surface area contributed by atoms with Gasteiger partial charge in [-0.05, 0) is 18.2 Å². The maximum atomic E-state index is 12.5. The summed E-state index contributed by atoms with van der Waals surface area (Å²) in [5.74, 6) is 0.119. The highest BCUT2D eigenvalue weighted by atomic mass is 19.3. The summed E-state index contributed by atoms with van der Waals surface area (Å²) in [7, 11) is 1.30.